The van der Waals surface area contributed by atoms with E-state index in [-0.39, 0.29) is 6.15 Å². The van der Waals surface area contributed by atoms with E-state index < -0.39 is 0 Å². The highest BCUT2D eigenvalue weighted by Crippen LogP contribution is 2.02. The topological polar surface area (TPSA) is 44.2 Å². The van der Waals surface area contributed by atoms with Crippen molar-refractivity contribution in [2.45, 2.75) is 26.6 Å². The molecule has 1 rings (SSSR count). The Morgan fingerprint density at radius 3 is 2.25 bits per heavy atom. The lowest BCUT2D eigenvalue weighted by molar-refractivity contribution is 0.0657. The molecule has 0 aliphatic heterocycles. The number of hydrogen-bond donors (Lipinski definition) is 1. The summed E-state index contributed by atoms with van der Waals surface area (Å²) >= 11 is 0. The largest absolute Gasteiger partial charge is 0.374 e. The Kier molecular flexibility index (Phi) is 5.34. The maximum Gasteiger partial charge on any atom is 0.0720 e. The van der Waals surface area contributed by atoms with Crippen LogP contribution in [-0.4, -0.2) is 6.10 Å². The van der Waals surface area contributed by atoms with E-state index in [1.165, 1.54) is 5.56 Å². The van der Waals surface area contributed by atoms with Gasteiger partial charge in [-0.25, -0.2) is 0 Å². The van der Waals surface area contributed by atoms with Crippen molar-refractivity contribution >= 4 is 0 Å². The Hall–Kier alpha value is -0.860. The molecular weight excluding hydrogens is 150 g/mol. The van der Waals surface area contributed by atoms with Crippen LogP contribution in [0.4, 0.5) is 0 Å². The molecule has 0 bridgehead atoms. The minimum Gasteiger partial charge on any atom is -0.374 e. The van der Waals surface area contributed by atoms with Gasteiger partial charge in [0.15, 0.2) is 0 Å². The summed E-state index contributed by atoms with van der Waals surface area (Å²) in [5.41, 5.74) is 1.24. The molecule has 2 nitrogen and oxygen atoms in total. The van der Waals surface area contributed by atoms with Crippen molar-refractivity contribution in [2.24, 2.45) is 0 Å². The van der Waals surface area contributed by atoms with Gasteiger partial charge >= 0.3 is 0 Å². The van der Waals surface area contributed by atoms with E-state index in [9.17, 15) is 0 Å². The summed E-state index contributed by atoms with van der Waals surface area (Å²) in [5, 5.41) is 0. The van der Waals surface area contributed by atoms with E-state index in [2.05, 4.69) is 12.1 Å². The van der Waals surface area contributed by atoms with Gasteiger partial charge in [0, 0.05) is 0 Å². The van der Waals surface area contributed by atoms with Crippen LogP contribution in [0.3, 0.4) is 0 Å². The molecule has 0 spiro atoms. The van der Waals surface area contributed by atoms with Gasteiger partial charge in [-0.3, -0.25) is 0 Å². The zero-order valence-corrected chi connectivity index (χ0v) is 7.79. The first-order valence-electron chi connectivity index (χ1n) is 3.94. The average Bonchev–Trinajstić information content (AvgIpc) is 2.03. The van der Waals surface area contributed by atoms with Crippen molar-refractivity contribution in [3.8, 4) is 0 Å². The molecule has 0 heterocycles. The van der Waals surface area contributed by atoms with Crippen molar-refractivity contribution in [1.82, 2.24) is 6.15 Å². The van der Waals surface area contributed by atoms with Crippen LogP contribution in [0, 0.1) is 0 Å². The first-order chi connectivity index (χ1) is 5.29. The molecule has 3 N–H and O–H groups in total. The Morgan fingerprint density at radius 1 is 1.17 bits per heavy atom. The van der Waals surface area contributed by atoms with Crippen LogP contribution in [0.1, 0.15) is 19.4 Å². The van der Waals surface area contributed by atoms with Crippen LogP contribution in [0.15, 0.2) is 30.3 Å². The van der Waals surface area contributed by atoms with E-state index in [0.29, 0.717) is 6.10 Å². The van der Waals surface area contributed by atoms with Crippen LogP contribution in [0.5, 0.6) is 0 Å². The molecule has 0 saturated carbocycles. The van der Waals surface area contributed by atoms with Crippen molar-refractivity contribution in [1.29, 1.82) is 0 Å². The molecule has 0 unspecified atom stereocenters. The van der Waals surface area contributed by atoms with Crippen LogP contribution in [0.25, 0.3) is 0 Å². The summed E-state index contributed by atoms with van der Waals surface area (Å²) in [6.45, 7) is 4.81. The molecule has 68 valence electrons. The van der Waals surface area contributed by atoms with E-state index in [0.717, 1.165) is 6.61 Å². The van der Waals surface area contributed by atoms with Crippen molar-refractivity contribution in [2.75, 3.05) is 0 Å². The minimum atomic E-state index is 0. The molecule has 0 aliphatic rings. The quantitative estimate of drug-likeness (QED) is 0.752. The van der Waals surface area contributed by atoms with Gasteiger partial charge in [-0.1, -0.05) is 30.3 Å². The van der Waals surface area contributed by atoms with Gasteiger partial charge in [0.1, 0.15) is 0 Å². The summed E-state index contributed by atoms with van der Waals surface area (Å²) in [6.07, 6.45) is 0.315. The maximum absolute atomic E-state index is 5.43. The SMILES string of the molecule is CC(C)OCc1ccccc1.N. The van der Waals surface area contributed by atoms with Crippen LogP contribution >= 0.6 is 0 Å². The number of hydrogen-bond acceptors (Lipinski definition) is 2. The van der Waals surface area contributed by atoms with Gasteiger partial charge in [0.25, 0.3) is 0 Å². The third-order valence-corrected chi connectivity index (χ3v) is 1.43. The fraction of sp³-hybridized carbons (Fsp3) is 0.400. The van der Waals surface area contributed by atoms with Gasteiger partial charge in [0.05, 0.1) is 12.7 Å². The molecule has 0 amide bonds. The number of ether oxygens (including phenoxy) is 1. The molecule has 0 aliphatic carbocycles. The lowest BCUT2D eigenvalue weighted by atomic mass is 10.2. The van der Waals surface area contributed by atoms with E-state index in [4.69, 9.17) is 4.74 Å². The summed E-state index contributed by atoms with van der Waals surface area (Å²) in [7, 11) is 0. The van der Waals surface area contributed by atoms with Gasteiger partial charge in [-0.05, 0) is 19.4 Å². The molecule has 0 atom stereocenters. The summed E-state index contributed by atoms with van der Waals surface area (Å²) < 4.78 is 5.43. The number of benzene rings is 1. The van der Waals surface area contributed by atoms with Crippen LogP contribution in [0.2, 0.25) is 0 Å². The predicted molar refractivity (Wildman–Crippen MR) is 51.4 cm³/mol. The maximum atomic E-state index is 5.43. The zero-order valence-electron chi connectivity index (χ0n) is 7.79. The molecule has 12 heavy (non-hydrogen) atoms. The fourth-order valence-corrected chi connectivity index (χ4v) is 0.837. The third-order valence-electron chi connectivity index (χ3n) is 1.43. The molecular formula is C10H17NO. The fourth-order valence-electron chi connectivity index (χ4n) is 0.837. The van der Waals surface area contributed by atoms with Crippen molar-refractivity contribution in [3.63, 3.8) is 0 Å². The lowest BCUT2D eigenvalue weighted by Gasteiger charge is -2.06. The second kappa shape index (κ2) is 5.75. The third kappa shape index (κ3) is 4.11. The molecule has 2 heteroatoms. The Bertz CT molecular complexity index is 196. The van der Waals surface area contributed by atoms with Gasteiger partial charge in [0.2, 0.25) is 0 Å². The van der Waals surface area contributed by atoms with Gasteiger partial charge in [-0.15, -0.1) is 0 Å². The van der Waals surface area contributed by atoms with Crippen molar-refractivity contribution in [3.05, 3.63) is 35.9 Å². The highest BCUT2D eigenvalue weighted by molar-refractivity contribution is 5.13. The van der Waals surface area contributed by atoms with Crippen molar-refractivity contribution < 1.29 is 4.74 Å². The molecule has 0 fully saturated rings. The van der Waals surface area contributed by atoms with E-state index in [1.54, 1.807) is 0 Å². The molecule has 0 saturated heterocycles. The molecule has 1 aromatic rings. The average molecular weight is 167 g/mol. The van der Waals surface area contributed by atoms with E-state index in [1.807, 2.05) is 32.0 Å². The normalized spacial score (nSPS) is 9.58. The summed E-state index contributed by atoms with van der Waals surface area (Å²) in [5.74, 6) is 0. The molecule has 1 aromatic carbocycles. The molecule has 0 aromatic heterocycles. The highest BCUT2D eigenvalue weighted by atomic mass is 16.5. The predicted octanol–water partition coefficient (Wildman–Crippen LogP) is 2.77. The Morgan fingerprint density at radius 2 is 1.75 bits per heavy atom. The second-order valence-electron chi connectivity index (χ2n) is 2.85. The van der Waals surface area contributed by atoms with Crippen LogP contribution in [-0.2, 0) is 11.3 Å². The van der Waals surface area contributed by atoms with E-state index >= 15 is 0 Å². The summed E-state index contributed by atoms with van der Waals surface area (Å²) in [6, 6.07) is 10.2. The first-order valence-corrected chi connectivity index (χ1v) is 3.94. The van der Waals surface area contributed by atoms with Gasteiger partial charge in [-0.2, -0.15) is 0 Å². The Balaban J connectivity index is 0.00000121. The second-order valence-corrected chi connectivity index (χ2v) is 2.85. The van der Waals surface area contributed by atoms with Gasteiger partial charge < -0.3 is 10.9 Å². The number of rotatable bonds is 3. The first kappa shape index (κ1) is 11.1. The summed E-state index contributed by atoms with van der Waals surface area (Å²) in [4.78, 5) is 0. The monoisotopic (exact) mass is 167 g/mol. The minimum absolute atomic E-state index is 0. The smallest absolute Gasteiger partial charge is 0.0720 e. The standard InChI is InChI=1S/C10H14O.H3N/c1-9(2)11-8-10-6-4-3-5-7-10;/h3-7,9H,8H2,1-2H3;1H3. The highest BCUT2D eigenvalue weighted by Gasteiger charge is 1.93. The Labute approximate surface area is 74.1 Å². The zero-order chi connectivity index (χ0) is 8.10. The molecule has 0 radical (unpaired) electrons. The lowest BCUT2D eigenvalue weighted by Crippen LogP contribution is -2.01. The van der Waals surface area contributed by atoms with Crippen LogP contribution < -0.4 is 6.15 Å².